The number of aryl methyl sites for hydroxylation is 1. The molecule has 22 heavy (non-hydrogen) atoms. The minimum absolute atomic E-state index is 0.189. The number of rotatable bonds is 7. The number of nitrogens with one attached hydrogen (secondary N) is 1. The Morgan fingerprint density at radius 2 is 2.05 bits per heavy atom. The summed E-state index contributed by atoms with van der Waals surface area (Å²) in [6, 6.07) is 9.53. The lowest BCUT2D eigenvalue weighted by Crippen LogP contribution is -2.28. The number of aromatic nitrogens is 1. The smallest absolute Gasteiger partial charge is 0.257 e. The first-order chi connectivity index (χ1) is 10.6. The molecule has 0 saturated carbocycles. The lowest BCUT2D eigenvalue weighted by Gasteiger charge is -2.08. The maximum atomic E-state index is 12.4. The average molecular weight is 302 g/mol. The Bertz CT molecular complexity index is 606. The summed E-state index contributed by atoms with van der Waals surface area (Å²) in [7, 11) is 0. The van der Waals surface area contributed by atoms with E-state index in [1.807, 2.05) is 30.3 Å². The number of benzene rings is 1. The zero-order valence-electron chi connectivity index (χ0n) is 13.3. The van der Waals surface area contributed by atoms with E-state index in [1.165, 1.54) is 0 Å². The van der Waals surface area contributed by atoms with E-state index in [9.17, 15) is 4.79 Å². The van der Waals surface area contributed by atoms with E-state index in [1.54, 1.807) is 6.92 Å². The minimum atomic E-state index is -0.189. The fourth-order valence-corrected chi connectivity index (χ4v) is 2.08. The van der Waals surface area contributed by atoms with E-state index >= 15 is 0 Å². The van der Waals surface area contributed by atoms with Crippen LogP contribution in [-0.4, -0.2) is 30.8 Å². The second kappa shape index (κ2) is 7.75. The van der Waals surface area contributed by atoms with Gasteiger partial charge in [0.25, 0.3) is 5.91 Å². The van der Waals surface area contributed by atoms with Gasteiger partial charge in [-0.3, -0.25) is 4.79 Å². The molecule has 0 aliphatic carbocycles. The van der Waals surface area contributed by atoms with Gasteiger partial charge >= 0.3 is 0 Å². The number of ether oxygens (including phenoxy) is 1. The van der Waals surface area contributed by atoms with Crippen molar-refractivity contribution in [2.24, 2.45) is 5.92 Å². The van der Waals surface area contributed by atoms with Crippen LogP contribution >= 0.6 is 0 Å². The number of carbonyl (C=O) groups is 1. The average Bonchev–Trinajstić information content (AvgIpc) is 2.89. The Balaban J connectivity index is 2.00. The third kappa shape index (κ3) is 4.18. The molecule has 1 heterocycles. The Hall–Kier alpha value is -2.14. The molecule has 118 valence electrons. The lowest BCUT2D eigenvalue weighted by molar-refractivity contribution is 0.0885. The molecular formula is C17H22N2O3. The summed E-state index contributed by atoms with van der Waals surface area (Å²) >= 11 is 0. The van der Waals surface area contributed by atoms with Gasteiger partial charge in [-0.1, -0.05) is 49.3 Å². The molecule has 0 unspecified atom stereocenters. The Labute approximate surface area is 130 Å². The first-order valence-corrected chi connectivity index (χ1v) is 7.47. The molecule has 0 spiro atoms. The third-order valence-electron chi connectivity index (χ3n) is 3.12. The van der Waals surface area contributed by atoms with Crippen LogP contribution in [0.15, 0.2) is 34.9 Å². The van der Waals surface area contributed by atoms with Crippen molar-refractivity contribution >= 4 is 5.91 Å². The SMILES string of the molecule is Cc1onc(-c2ccccc2)c1C(=O)NCCOCC(C)C. The topological polar surface area (TPSA) is 64.4 Å². The summed E-state index contributed by atoms with van der Waals surface area (Å²) < 4.78 is 10.6. The van der Waals surface area contributed by atoms with Crippen molar-refractivity contribution in [1.82, 2.24) is 10.5 Å². The highest BCUT2D eigenvalue weighted by molar-refractivity contribution is 6.00. The van der Waals surface area contributed by atoms with Gasteiger partial charge in [0.1, 0.15) is 17.0 Å². The lowest BCUT2D eigenvalue weighted by atomic mass is 10.1. The van der Waals surface area contributed by atoms with Crippen molar-refractivity contribution in [2.45, 2.75) is 20.8 Å². The highest BCUT2D eigenvalue weighted by Crippen LogP contribution is 2.24. The highest BCUT2D eigenvalue weighted by atomic mass is 16.5. The van der Waals surface area contributed by atoms with Gasteiger partial charge in [0.2, 0.25) is 0 Å². The van der Waals surface area contributed by atoms with E-state index in [4.69, 9.17) is 9.26 Å². The van der Waals surface area contributed by atoms with Gasteiger partial charge in [-0.05, 0) is 12.8 Å². The fraction of sp³-hybridized carbons (Fsp3) is 0.412. The molecule has 5 heteroatoms. The zero-order valence-corrected chi connectivity index (χ0v) is 13.3. The van der Waals surface area contributed by atoms with E-state index in [-0.39, 0.29) is 5.91 Å². The summed E-state index contributed by atoms with van der Waals surface area (Å²) in [6.07, 6.45) is 0. The van der Waals surface area contributed by atoms with Crippen LogP contribution in [0.3, 0.4) is 0 Å². The van der Waals surface area contributed by atoms with Gasteiger partial charge in [0.15, 0.2) is 0 Å². The van der Waals surface area contributed by atoms with Crippen LogP contribution in [0.4, 0.5) is 0 Å². The standard InChI is InChI=1S/C17H22N2O3/c1-12(2)11-21-10-9-18-17(20)15-13(3)22-19-16(15)14-7-5-4-6-8-14/h4-8,12H,9-11H2,1-3H3,(H,18,20). The molecule has 2 aromatic rings. The van der Waals surface area contributed by atoms with E-state index < -0.39 is 0 Å². The summed E-state index contributed by atoms with van der Waals surface area (Å²) in [5.74, 6) is 0.811. The third-order valence-corrected chi connectivity index (χ3v) is 3.12. The Morgan fingerprint density at radius 3 is 2.73 bits per heavy atom. The number of hydrogen-bond acceptors (Lipinski definition) is 4. The monoisotopic (exact) mass is 302 g/mol. The zero-order chi connectivity index (χ0) is 15.9. The number of nitrogens with zero attached hydrogens (tertiary/aromatic N) is 1. The maximum absolute atomic E-state index is 12.4. The molecule has 1 N–H and O–H groups in total. The second-order valence-electron chi connectivity index (χ2n) is 5.55. The fourth-order valence-electron chi connectivity index (χ4n) is 2.08. The Kier molecular flexibility index (Phi) is 5.72. The predicted octanol–water partition coefficient (Wildman–Crippen LogP) is 3.05. The van der Waals surface area contributed by atoms with Crippen LogP contribution in [0, 0.1) is 12.8 Å². The molecule has 0 fully saturated rings. The minimum Gasteiger partial charge on any atom is -0.379 e. The number of carbonyl (C=O) groups excluding carboxylic acids is 1. The molecule has 0 aliphatic heterocycles. The molecule has 5 nitrogen and oxygen atoms in total. The molecule has 0 atom stereocenters. The first kappa shape index (κ1) is 16.2. The van der Waals surface area contributed by atoms with Crippen LogP contribution < -0.4 is 5.32 Å². The largest absolute Gasteiger partial charge is 0.379 e. The maximum Gasteiger partial charge on any atom is 0.257 e. The highest BCUT2D eigenvalue weighted by Gasteiger charge is 2.20. The molecule has 1 aromatic carbocycles. The molecular weight excluding hydrogens is 280 g/mol. The van der Waals surface area contributed by atoms with Crippen LogP contribution in [0.5, 0.6) is 0 Å². The Morgan fingerprint density at radius 1 is 1.32 bits per heavy atom. The van der Waals surface area contributed by atoms with Gasteiger partial charge in [-0.15, -0.1) is 0 Å². The van der Waals surface area contributed by atoms with Crippen molar-refractivity contribution in [3.05, 3.63) is 41.7 Å². The van der Waals surface area contributed by atoms with Crippen molar-refractivity contribution in [2.75, 3.05) is 19.8 Å². The van der Waals surface area contributed by atoms with Gasteiger partial charge in [0.05, 0.1) is 6.61 Å². The van der Waals surface area contributed by atoms with Crippen LogP contribution in [0.2, 0.25) is 0 Å². The van der Waals surface area contributed by atoms with E-state index in [0.29, 0.717) is 42.7 Å². The number of amides is 1. The normalized spacial score (nSPS) is 10.9. The predicted molar refractivity (Wildman–Crippen MR) is 84.7 cm³/mol. The van der Waals surface area contributed by atoms with Crippen LogP contribution in [0.1, 0.15) is 30.0 Å². The first-order valence-electron chi connectivity index (χ1n) is 7.47. The molecule has 1 amide bonds. The summed E-state index contributed by atoms with van der Waals surface area (Å²) in [4.78, 5) is 12.4. The summed E-state index contributed by atoms with van der Waals surface area (Å²) in [5, 5.41) is 6.85. The van der Waals surface area contributed by atoms with Gasteiger partial charge in [-0.25, -0.2) is 0 Å². The van der Waals surface area contributed by atoms with E-state index in [2.05, 4.69) is 24.3 Å². The summed E-state index contributed by atoms with van der Waals surface area (Å²) in [5.41, 5.74) is 1.91. The molecule has 0 bridgehead atoms. The molecule has 1 aromatic heterocycles. The second-order valence-corrected chi connectivity index (χ2v) is 5.55. The molecule has 0 saturated heterocycles. The van der Waals surface area contributed by atoms with Crippen LogP contribution in [0.25, 0.3) is 11.3 Å². The van der Waals surface area contributed by atoms with Crippen LogP contribution in [-0.2, 0) is 4.74 Å². The van der Waals surface area contributed by atoms with Gasteiger partial charge < -0.3 is 14.6 Å². The van der Waals surface area contributed by atoms with Crippen molar-refractivity contribution in [3.63, 3.8) is 0 Å². The van der Waals surface area contributed by atoms with Crippen molar-refractivity contribution in [3.8, 4) is 11.3 Å². The molecule has 0 radical (unpaired) electrons. The molecule has 0 aliphatic rings. The van der Waals surface area contributed by atoms with E-state index in [0.717, 1.165) is 5.56 Å². The van der Waals surface area contributed by atoms with Gasteiger partial charge in [0, 0.05) is 18.7 Å². The number of hydrogen-bond donors (Lipinski definition) is 1. The van der Waals surface area contributed by atoms with Gasteiger partial charge in [-0.2, -0.15) is 0 Å². The quantitative estimate of drug-likeness (QED) is 0.798. The van der Waals surface area contributed by atoms with Crippen molar-refractivity contribution in [1.29, 1.82) is 0 Å². The molecule has 2 rings (SSSR count). The summed E-state index contributed by atoms with van der Waals surface area (Å²) in [6.45, 7) is 7.57. The van der Waals surface area contributed by atoms with Crippen molar-refractivity contribution < 1.29 is 14.1 Å².